The zero-order valence-electron chi connectivity index (χ0n) is 15.2. The first-order chi connectivity index (χ1) is 10.9. The van der Waals surface area contributed by atoms with Gasteiger partial charge in [0.2, 0.25) is 5.91 Å². The number of hydrogen-bond donors (Lipinski definition) is 2. The van der Waals surface area contributed by atoms with E-state index in [2.05, 4.69) is 31.0 Å². The molecule has 5 nitrogen and oxygen atoms in total. The molecule has 1 amide bonds. The van der Waals surface area contributed by atoms with Crippen molar-refractivity contribution in [3.8, 4) is 0 Å². The van der Waals surface area contributed by atoms with Crippen molar-refractivity contribution in [3.63, 3.8) is 0 Å². The first-order valence-corrected chi connectivity index (χ1v) is 9.23. The summed E-state index contributed by atoms with van der Waals surface area (Å²) in [5.41, 5.74) is 5.69. The number of morpholine rings is 1. The zero-order valence-corrected chi connectivity index (χ0v) is 15.2. The summed E-state index contributed by atoms with van der Waals surface area (Å²) in [4.78, 5) is 15.3. The molecule has 134 valence electrons. The number of ether oxygens (including phenoxy) is 1. The van der Waals surface area contributed by atoms with Crippen molar-refractivity contribution in [2.24, 2.45) is 11.7 Å². The number of hydrogen-bond acceptors (Lipinski definition) is 4. The van der Waals surface area contributed by atoms with Crippen LogP contribution >= 0.6 is 0 Å². The largest absolute Gasteiger partial charge is 0.379 e. The Labute approximate surface area is 141 Å². The maximum atomic E-state index is 12.8. The molecule has 2 rings (SSSR count). The minimum absolute atomic E-state index is 0.0429. The molecule has 0 radical (unpaired) electrons. The highest BCUT2D eigenvalue weighted by Gasteiger charge is 2.42. The average molecular weight is 325 g/mol. The van der Waals surface area contributed by atoms with Crippen LogP contribution < -0.4 is 11.1 Å². The minimum Gasteiger partial charge on any atom is -0.379 e. The summed E-state index contributed by atoms with van der Waals surface area (Å²) in [5, 5.41) is 3.24. The first kappa shape index (κ1) is 18.7. The van der Waals surface area contributed by atoms with Crippen LogP contribution in [0, 0.1) is 5.92 Å². The van der Waals surface area contributed by atoms with Gasteiger partial charge in [0.15, 0.2) is 0 Å². The van der Waals surface area contributed by atoms with E-state index < -0.39 is 0 Å². The van der Waals surface area contributed by atoms with E-state index in [4.69, 9.17) is 10.5 Å². The lowest BCUT2D eigenvalue weighted by molar-refractivity contribution is -0.127. The Hall–Kier alpha value is -0.650. The van der Waals surface area contributed by atoms with Crippen molar-refractivity contribution in [2.75, 3.05) is 32.8 Å². The van der Waals surface area contributed by atoms with E-state index in [0.717, 1.165) is 45.6 Å². The van der Waals surface area contributed by atoms with Gasteiger partial charge in [-0.25, -0.2) is 0 Å². The Kier molecular flexibility index (Phi) is 6.46. The molecule has 3 N–H and O–H groups in total. The lowest BCUT2D eigenvalue weighted by atomic mass is 9.87. The minimum atomic E-state index is -0.296. The van der Waals surface area contributed by atoms with Crippen molar-refractivity contribution in [2.45, 2.75) is 70.4 Å². The smallest absolute Gasteiger partial charge is 0.222 e. The standard InChI is InChI=1S/C18H35N3O2/c1-15(2)12-17(3,14-19)20-16(22)13-18(6-4-5-7-18)21-8-10-23-11-9-21/h15H,4-14,19H2,1-3H3,(H,20,22). The van der Waals surface area contributed by atoms with E-state index in [9.17, 15) is 4.79 Å². The highest BCUT2D eigenvalue weighted by Crippen LogP contribution is 2.38. The van der Waals surface area contributed by atoms with Gasteiger partial charge in [-0.2, -0.15) is 0 Å². The van der Waals surface area contributed by atoms with Gasteiger partial charge in [-0.05, 0) is 32.1 Å². The number of nitrogens with two attached hydrogens (primary N) is 1. The van der Waals surface area contributed by atoms with Crippen molar-refractivity contribution < 1.29 is 9.53 Å². The van der Waals surface area contributed by atoms with E-state index in [1.165, 1.54) is 12.8 Å². The van der Waals surface area contributed by atoms with Crippen molar-refractivity contribution in [1.82, 2.24) is 10.2 Å². The number of rotatable bonds is 7. The normalized spacial score (nSPS) is 24.6. The molecule has 1 aliphatic heterocycles. The van der Waals surface area contributed by atoms with Crippen molar-refractivity contribution in [3.05, 3.63) is 0 Å². The van der Waals surface area contributed by atoms with Gasteiger partial charge >= 0.3 is 0 Å². The van der Waals surface area contributed by atoms with Gasteiger partial charge in [-0.15, -0.1) is 0 Å². The predicted molar refractivity (Wildman–Crippen MR) is 93.3 cm³/mol. The number of carbonyl (C=O) groups excluding carboxylic acids is 1. The number of carbonyl (C=O) groups is 1. The van der Waals surface area contributed by atoms with E-state index in [0.29, 0.717) is 18.9 Å². The van der Waals surface area contributed by atoms with Crippen LogP contribution in [-0.4, -0.2) is 54.7 Å². The second-order valence-electron chi connectivity index (χ2n) is 8.12. The Morgan fingerprint density at radius 3 is 2.43 bits per heavy atom. The van der Waals surface area contributed by atoms with E-state index in [1.807, 2.05) is 0 Å². The maximum Gasteiger partial charge on any atom is 0.222 e. The van der Waals surface area contributed by atoms with Crippen molar-refractivity contribution in [1.29, 1.82) is 0 Å². The third-order valence-corrected chi connectivity index (χ3v) is 5.46. The molecule has 0 bridgehead atoms. The molecular formula is C18H35N3O2. The van der Waals surface area contributed by atoms with Crippen LogP contribution in [0.1, 0.15) is 59.3 Å². The monoisotopic (exact) mass is 325 g/mol. The quantitative estimate of drug-likeness (QED) is 0.750. The number of nitrogens with one attached hydrogen (secondary N) is 1. The van der Waals surface area contributed by atoms with Gasteiger partial charge in [0.25, 0.3) is 0 Å². The second kappa shape index (κ2) is 7.95. The van der Waals surface area contributed by atoms with Gasteiger partial charge in [-0.1, -0.05) is 26.7 Å². The first-order valence-electron chi connectivity index (χ1n) is 9.23. The fourth-order valence-corrected chi connectivity index (χ4v) is 4.44. The maximum absolute atomic E-state index is 12.8. The molecule has 0 aromatic heterocycles. The van der Waals surface area contributed by atoms with Crippen LogP contribution in [-0.2, 0) is 9.53 Å². The van der Waals surface area contributed by atoms with Gasteiger partial charge in [0, 0.05) is 37.1 Å². The summed E-state index contributed by atoms with van der Waals surface area (Å²) in [5.74, 6) is 0.676. The van der Waals surface area contributed by atoms with Crippen molar-refractivity contribution >= 4 is 5.91 Å². The molecule has 1 saturated heterocycles. The van der Waals surface area contributed by atoms with Crippen LogP contribution in [0.15, 0.2) is 0 Å². The molecule has 2 fully saturated rings. The number of amides is 1. The van der Waals surface area contributed by atoms with Crippen LogP contribution in [0.3, 0.4) is 0 Å². The molecule has 0 aromatic rings. The zero-order chi connectivity index (χ0) is 16.9. The Balaban J connectivity index is 2.00. The van der Waals surface area contributed by atoms with Gasteiger partial charge in [-0.3, -0.25) is 9.69 Å². The predicted octanol–water partition coefficient (Wildman–Crippen LogP) is 1.90. The highest BCUT2D eigenvalue weighted by molar-refractivity contribution is 5.78. The molecule has 1 aliphatic carbocycles. The molecule has 1 saturated carbocycles. The average Bonchev–Trinajstić information content (AvgIpc) is 2.96. The fraction of sp³-hybridized carbons (Fsp3) is 0.944. The van der Waals surface area contributed by atoms with Gasteiger partial charge in [0.1, 0.15) is 0 Å². The van der Waals surface area contributed by atoms with Crippen LogP contribution in [0.5, 0.6) is 0 Å². The SMILES string of the molecule is CC(C)CC(C)(CN)NC(=O)CC1(N2CCOCC2)CCCC1. The summed E-state index contributed by atoms with van der Waals surface area (Å²) in [6.07, 6.45) is 6.23. The molecule has 1 heterocycles. The Morgan fingerprint density at radius 1 is 1.30 bits per heavy atom. The summed E-state index contributed by atoms with van der Waals surface area (Å²) < 4.78 is 5.49. The molecule has 1 atom stereocenters. The number of nitrogens with zero attached hydrogens (tertiary/aromatic N) is 1. The van der Waals surface area contributed by atoms with E-state index >= 15 is 0 Å². The fourth-order valence-electron chi connectivity index (χ4n) is 4.44. The Bertz CT molecular complexity index is 388. The van der Waals surface area contributed by atoms with Gasteiger partial charge in [0.05, 0.1) is 13.2 Å². The van der Waals surface area contributed by atoms with Crippen LogP contribution in [0.25, 0.3) is 0 Å². The Morgan fingerprint density at radius 2 is 1.91 bits per heavy atom. The molecular weight excluding hydrogens is 290 g/mol. The van der Waals surface area contributed by atoms with E-state index in [1.54, 1.807) is 0 Å². The summed E-state index contributed by atoms with van der Waals surface area (Å²) in [6.45, 7) is 10.4. The topological polar surface area (TPSA) is 67.6 Å². The summed E-state index contributed by atoms with van der Waals surface area (Å²) >= 11 is 0. The third kappa shape index (κ3) is 4.91. The van der Waals surface area contributed by atoms with Gasteiger partial charge < -0.3 is 15.8 Å². The second-order valence-corrected chi connectivity index (χ2v) is 8.12. The summed E-state index contributed by atoms with van der Waals surface area (Å²) in [7, 11) is 0. The molecule has 2 aliphatic rings. The molecule has 5 heteroatoms. The summed E-state index contributed by atoms with van der Waals surface area (Å²) in [6, 6.07) is 0. The van der Waals surface area contributed by atoms with Crippen LogP contribution in [0.2, 0.25) is 0 Å². The third-order valence-electron chi connectivity index (χ3n) is 5.46. The lowest BCUT2D eigenvalue weighted by Crippen LogP contribution is -2.57. The highest BCUT2D eigenvalue weighted by atomic mass is 16.5. The van der Waals surface area contributed by atoms with E-state index in [-0.39, 0.29) is 17.0 Å². The molecule has 23 heavy (non-hydrogen) atoms. The molecule has 0 aromatic carbocycles. The molecule has 0 spiro atoms. The molecule has 1 unspecified atom stereocenters. The van der Waals surface area contributed by atoms with Crippen LogP contribution in [0.4, 0.5) is 0 Å². The lowest BCUT2D eigenvalue weighted by Gasteiger charge is -2.44.